The first-order valence-electron chi connectivity index (χ1n) is 13.4. The number of carbonyl (C=O) groups is 2. The molecule has 11 heteroatoms. The Morgan fingerprint density at radius 3 is 2.68 bits per heavy atom. The van der Waals surface area contributed by atoms with Gasteiger partial charge in [-0.1, -0.05) is 23.4 Å². The van der Waals surface area contributed by atoms with E-state index in [1.54, 1.807) is 37.0 Å². The predicted octanol–water partition coefficient (Wildman–Crippen LogP) is 4.49. The van der Waals surface area contributed by atoms with E-state index in [9.17, 15) is 19.1 Å². The molecule has 1 aromatic carbocycles. The molecule has 0 aliphatic heterocycles. The number of hydrogen-bond donors (Lipinski definition) is 2. The Morgan fingerprint density at radius 2 is 1.98 bits per heavy atom. The molecule has 2 aromatic heterocycles. The van der Waals surface area contributed by atoms with Crippen LogP contribution in [-0.4, -0.2) is 50.3 Å². The minimum atomic E-state index is -1.12. The molecule has 0 saturated heterocycles. The molecule has 3 aromatic rings. The number of anilines is 1. The van der Waals surface area contributed by atoms with E-state index in [1.165, 1.54) is 24.4 Å². The molecule has 214 valence electrons. The zero-order valence-corrected chi connectivity index (χ0v) is 23.4. The highest BCUT2D eigenvalue weighted by molar-refractivity contribution is 6.31. The molecule has 2 aliphatic carbocycles. The van der Waals surface area contributed by atoms with Crippen LogP contribution in [0.2, 0.25) is 5.02 Å². The maximum absolute atomic E-state index is 13.5. The second-order valence-electron chi connectivity index (χ2n) is 10.5. The Kier molecular flexibility index (Phi) is 8.29. The number of aromatic nitrogens is 3. The van der Waals surface area contributed by atoms with Crippen LogP contribution in [-0.2, 0) is 16.6 Å². The topological polar surface area (TPSA) is 116 Å². The SMILES string of the molecule is CCOC(=O)COc1cc(C#CC2(O)CC3CC(c4ncn(C)c4C(=O)Nc4ccc(F)c(Cl)c4)CC3C2)ccn1. The summed E-state index contributed by atoms with van der Waals surface area (Å²) in [5.74, 6) is 5.51. The number of carbonyl (C=O) groups excluding carboxylic acids is 2. The van der Waals surface area contributed by atoms with Gasteiger partial charge in [-0.2, -0.15) is 0 Å². The number of pyridine rings is 1. The monoisotopic (exact) mass is 580 g/mol. The maximum atomic E-state index is 13.5. The van der Waals surface area contributed by atoms with Gasteiger partial charge in [0.1, 0.15) is 17.1 Å². The largest absolute Gasteiger partial charge is 0.466 e. The average Bonchev–Trinajstić information content (AvgIpc) is 3.60. The summed E-state index contributed by atoms with van der Waals surface area (Å²) >= 11 is 5.87. The fourth-order valence-electron chi connectivity index (χ4n) is 5.87. The summed E-state index contributed by atoms with van der Waals surface area (Å²) in [4.78, 5) is 33.3. The molecule has 0 spiro atoms. The molecule has 2 unspecified atom stereocenters. The molecular weight excluding hydrogens is 551 g/mol. The van der Waals surface area contributed by atoms with Crippen LogP contribution in [0.15, 0.2) is 42.9 Å². The molecule has 0 bridgehead atoms. The molecule has 2 N–H and O–H groups in total. The number of fused-ring (bicyclic) bond motifs is 1. The smallest absolute Gasteiger partial charge is 0.344 e. The van der Waals surface area contributed by atoms with Crippen LogP contribution in [0.4, 0.5) is 10.1 Å². The van der Waals surface area contributed by atoms with Gasteiger partial charge in [0.25, 0.3) is 5.91 Å². The lowest BCUT2D eigenvalue weighted by Gasteiger charge is -2.19. The number of esters is 1. The van der Waals surface area contributed by atoms with Gasteiger partial charge >= 0.3 is 5.97 Å². The predicted molar refractivity (Wildman–Crippen MR) is 149 cm³/mol. The number of nitrogens with one attached hydrogen (secondary N) is 1. The molecule has 2 atom stereocenters. The average molecular weight is 581 g/mol. The number of imidazole rings is 1. The second-order valence-corrected chi connectivity index (χ2v) is 10.9. The van der Waals surface area contributed by atoms with Crippen LogP contribution >= 0.6 is 11.6 Å². The summed E-state index contributed by atoms with van der Waals surface area (Å²) in [5, 5.41) is 14.0. The first kappa shape index (κ1) is 28.6. The van der Waals surface area contributed by atoms with E-state index in [0.717, 1.165) is 18.5 Å². The maximum Gasteiger partial charge on any atom is 0.344 e. The van der Waals surface area contributed by atoms with Crippen molar-refractivity contribution in [2.45, 2.75) is 44.1 Å². The zero-order valence-electron chi connectivity index (χ0n) is 22.7. The van der Waals surface area contributed by atoms with Crippen molar-refractivity contribution in [3.05, 3.63) is 70.6 Å². The van der Waals surface area contributed by atoms with Crippen LogP contribution in [0, 0.1) is 29.5 Å². The van der Waals surface area contributed by atoms with E-state index in [0.29, 0.717) is 29.8 Å². The lowest BCUT2D eigenvalue weighted by atomic mass is 9.92. The Hall–Kier alpha value is -3.94. The van der Waals surface area contributed by atoms with Crippen molar-refractivity contribution in [2.24, 2.45) is 18.9 Å². The van der Waals surface area contributed by atoms with E-state index in [-0.39, 0.29) is 47.8 Å². The van der Waals surface area contributed by atoms with E-state index in [4.69, 9.17) is 21.1 Å². The normalized spacial score (nSPS) is 22.9. The third kappa shape index (κ3) is 6.53. The van der Waals surface area contributed by atoms with Crippen LogP contribution in [0.1, 0.15) is 60.3 Å². The van der Waals surface area contributed by atoms with Crippen LogP contribution < -0.4 is 10.1 Å². The van der Waals surface area contributed by atoms with Gasteiger partial charge in [0.15, 0.2) is 6.61 Å². The number of aliphatic hydroxyl groups is 1. The molecule has 5 rings (SSSR count). The summed E-state index contributed by atoms with van der Waals surface area (Å²) in [6.07, 6.45) is 5.79. The molecular formula is C30H30ClFN4O5. The third-order valence-electron chi connectivity index (χ3n) is 7.60. The first-order chi connectivity index (χ1) is 19.6. The lowest BCUT2D eigenvalue weighted by molar-refractivity contribution is -0.145. The third-order valence-corrected chi connectivity index (χ3v) is 7.89. The molecule has 2 heterocycles. The van der Waals surface area contributed by atoms with Crippen LogP contribution in [0.25, 0.3) is 0 Å². The van der Waals surface area contributed by atoms with Gasteiger partial charge in [-0.25, -0.2) is 19.2 Å². The minimum Gasteiger partial charge on any atom is -0.466 e. The highest BCUT2D eigenvalue weighted by Crippen LogP contribution is 2.53. The van der Waals surface area contributed by atoms with Gasteiger partial charge in [0.05, 0.1) is 23.7 Å². The first-order valence-corrected chi connectivity index (χ1v) is 13.8. The van der Waals surface area contributed by atoms with E-state index in [1.807, 2.05) is 0 Å². The number of rotatable bonds is 7. The van der Waals surface area contributed by atoms with Crippen molar-refractivity contribution in [3.8, 4) is 17.7 Å². The number of aryl methyl sites for hydroxylation is 1. The van der Waals surface area contributed by atoms with Crippen molar-refractivity contribution in [1.82, 2.24) is 14.5 Å². The van der Waals surface area contributed by atoms with Crippen LogP contribution in [0.5, 0.6) is 5.88 Å². The number of hydrogen-bond acceptors (Lipinski definition) is 7. The summed E-state index contributed by atoms with van der Waals surface area (Å²) in [7, 11) is 1.76. The summed E-state index contributed by atoms with van der Waals surface area (Å²) in [5.41, 5.74) is 1.06. The molecule has 2 saturated carbocycles. The Balaban J connectivity index is 1.22. The van der Waals surface area contributed by atoms with Crippen LogP contribution in [0.3, 0.4) is 0 Å². The molecule has 2 aliphatic rings. The van der Waals surface area contributed by atoms with Gasteiger partial charge in [-0.15, -0.1) is 0 Å². The van der Waals surface area contributed by atoms with Gasteiger partial charge < -0.3 is 24.5 Å². The van der Waals surface area contributed by atoms with E-state index < -0.39 is 17.4 Å². The Morgan fingerprint density at radius 1 is 1.22 bits per heavy atom. The van der Waals surface area contributed by atoms with Crippen molar-refractivity contribution < 1.29 is 28.6 Å². The molecule has 9 nitrogen and oxygen atoms in total. The lowest BCUT2D eigenvalue weighted by Crippen LogP contribution is -2.24. The molecule has 2 fully saturated rings. The zero-order chi connectivity index (χ0) is 29.1. The fourth-order valence-corrected chi connectivity index (χ4v) is 6.05. The number of amides is 1. The fraction of sp³-hybridized carbons (Fsp3) is 0.400. The number of halogens is 2. The van der Waals surface area contributed by atoms with Crippen molar-refractivity contribution in [1.29, 1.82) is 0 Å². The second kappa shape index (κ2) is 11.9. The van der Waals surface area contributed by atoms with Gasteiger partial charge in [-0.3, -0.25) is 4.79 Å². The highest BCUT2D eigenvalue weighted by atomic mass is 35.5. The molecule has 1 amide bonds. The summed E-state index contributed by atoms with van der Waals surface area (Å²) in [6, 6.07) is 7.37. The number of benzene rings is 1. The van der Waals surface area contributed by atoms with Gasteiger partial charge in [0, 0.05) is 36.5 Å². The number of nitrogens with zero attached hydrogens (tertiary/aromatic N) is 3. The summed E-state index contributed by atoms with van der Waals surface area (Å²) < 4.78 is 25.4. The quantitative estimate of drug-likeness (QED) is 0.312. The van der Waals surface area contributed by atoms with E-state index in [2.05, 4.69) is 27.1 Å². The standard InChI is InChI=1S/C30H30ClFN4O5/c1-3-40-26(37)16-41-25-10-18(7-9-33-25)6-8-30(39)14-20-11-19(12-21(20)15-30)27-28(36(2)17-34-27)29(38)35-22-4-5-24(32)23(31)13-22/h4-5,7,9-10,13,17,19-21,39H,3,11-12,14-16H2,1-2H3,(H,35,38). The van der Waals surface area contributed by atoms with Crippen molar-refractivity contribution in [3.63, 3.8) is 0 Å². The van der Waals surface area contributed by atoms with E-state index >= 15 is 0 Å². The van der Waals surface area contributed by atoms with Gasteiger partial charge in [0.2, 0.25) is 5.88 Å². The Labute approximate surface area is 242 Å². The van der Waals surface area contributed by atoms with Crippen molar-refractivity contribution >= 4 is 29.2 Å². The minimum absolute atomic E-state index is 0.0700. The Bertz CT molecular complexity index is 1520. The van der Waals surface area contributed by atoms with Gasteiger partial charge in [-0.05, 0) is 68.7 Å². The molecule has 41 heavy (non-hydrogen) atoms. The highest BCUT2D eigenvalue weighted by Gasteiger charge is 2.49. The molecule has 0 radical (unpaired) electrons. The summed E-state index contributed by atoms with van der Waals surface area (Å²) in [6.45, 7) is 1.75. The number of ether oxygens (including phenoxy) is 2. The van der Waals surface area contributed by atoms with Crippen molar-refractivity contribution in [2.75, 3.05) is 18.5 Å².